The quantitative estimate of drug-likeness (QED) is 0.282. The average molecular weight is 180 g/mol. The van der Waals surface area contributed by atoms with E-state index in [0.717, 1.165) is 0 Å². The highest BCUT2D eigenvalue weighted by Gasteiger charge is 2.29. The van der Waals surface area contributed by atoms with E-state index in [9.17, 15) is 4.79 Å². The number of hydrogen-bond donors (Lipinski definition) is 5. The van der Waals surface area contributed by atoms with Gasteiger partial charge in [-0.05, 0) is 0 Å². The summed E-state index contributed by atoms with van der Waals surface area (Å²) in [6, 6.07) is 0. The fraction of sp³-hybridized carbons (Fsp3) is 0.833. The Kier molecular flexibility index (Phi) is 4.95. The van der Waals surface area contributed by atoms with Gasteiger partial charge < -0.3 is 30.3 Å². The molecule has 0 aliphatic carbocycles. The smallest absolute Gasteiger partial charge is 0.151 e. The molecule has 0 fully saturated rings. The number of aldehydes is 1. The van der Waals surface area contributed by atoms with Gasteiger partial charge in [0.15, 0.2) is 6.29 Å². The Bertz CT molecular complexity index is 138. The van der Waals surface area contributed by atoms with Crippen LogP contribution in [0.4, 0.5) is 0 Å². The first-order valence-corrected chi connectivity index (χ1v) is 3.33. The molecule has 0 bridgehead atoms. The van der Waals surface area contributed by atoms with Crippen molar-refractivity contribution in [1.82, 2.24) is 0 Å². The van der Waals surface area contributed by atoms with Gasteiger partial charge in [-0.1, -0.05) is 0 Å². The zero-order valence-electron chi connectivity index (χ0n) is 6.24. The lowest BCUT2D eigenvalue weighted by Gasteiger charge is -2.22. The molecule has 0 amide bonds. The van der Waals surface area contributed by atoms with Crippen LogP contribution in [-0.4, -0.2) is 62.8 Å². The zero-order valence-corrected chi connectivity index (χ0v) is 6.24. The summed E-state index contributed by atoms with van der Waals surface area (Å²) in [5, 5.41) is 43.5. The minimum atomic E-state index is -1.79. The Labute approximate surface area is 68.7 Å². The van der Waals surface area contributed by atoms with Crippen LogP contribution < -0.4 is 0 Å². The summed E-state index contributed by atoms with van der Waals surface area (Å²) in [4.78, 5) is 9.90. The molecule has 0 radical (unpaired) electrons. The first kappa shape index (κ1) is 11.5. The first-order chi connectivity index (χ1) is 5.54. The van der Waals surface area contributed by atoms with Gasteiger partial charge in [0, 0.05) is 0 Å². The summed E-state index contributed by atoms with van der Waals surface area (Å²) in [5.74, 6) is 0. The molecule has 0 saturated carbocycles. The maximum absolute atomic E-state index is 9.90. The largest absolute Gasteiger partial charge is 0.394 e. The lowest BCUT2D eigenvalue weighted by molar-refractivity contribution is -0.136. The monoisotopic (exact) mass is 180 g/mol. The van der Waals surface area contributed by atoms with Gasteiger partial charge >= 0.3 is 0 Å². The zero-order chi connectivity index (χ0) is 9.72. The van der Waals surface area contributed by atoms with E-state index in [2.05, 4.69) is 0 Å². The Morgan fingerprint density at radius 3 is 1.92 bits per heavy atom. The van der Waals surface area contributed by atoms with Gasteiger partial charge in [-0.3, -0.25) is 0 Å². The lowest BCUT2D eigenvalue weighted by atomic mass is 10.0. The highest BCUT2D eigenvalue weighted by atomic mass is 16.4. The van der Waals surface area contributed by atoms with Crippen molar-refractivity contribution in [2.75, 3.05) is 6.61 Å². The summed E-state index contributed by atoms with van der Waals surface area (Å²) < 4.78 is 0. The van der Waals surface area contributed by atoms with Crippen LogP contribution in [0.25, 0.3) is 0 Å². The number of rotatable bonds is 5. The van der Waals surface area contributed by atoms with Crippen molar-refractivity contribution in [3.8, 4) is 0 Å². The van der Waals surface area contributed by atoms with Crippen molar-refractivity contribution in [1.29, 1.82) is 0 Å². The highest BCUT2D eigenvalue weighted by molar-refractivity contribution is 5.56. The van der Waals surface area contributed by atoms with Crippen molar-refractivity contribution in [2.45, 2.75) is 24.4 Å². The molecular weight excluding hydrogens is 168 g/mol. The van der Waals surface area contributed by atoms with Crippen molar-refractivity contribution in [3.63, 3.8) is 0 Å². The molecule has 6 heteroatoms. The molecule has 0 aromatic carbocycles. The fourth-order valence-electron chi connectivity index (χ4n) is 0.618. The van der Waals surface area contributed by atoms with Crippen molar-refractivity contribution in [3.05, 3.63) is 0 Å². The molecule has 0 aliphatic heterocycles. The maximum Gasteiger partial charge on any atom is 0.151 e. The molecular formula is C6H12O6. The number of carbonyl (C=O) groups excluding carboxylic acids is 1. The third-order valence-electron chi connectivity index (χ3n) is 1.42. The molecule has 6 nitrogen and oxygen atoms in total. The molecule has 0 aliphatic rings. The molecule has 0 aromatic heterocycles. The molecule has 4 atom stereocenters. The van der Waals surface area contributed by atoms with Gasteiger partial charge in [0.2, 0.25) is 0 Å². The van der Waals surface area contributed by atoms with Gasteiger partial charge in [-0.2, -0.15) is 0 Å². The summed E-state index contributed by atoms with van der Waals surface area (Å²) in [5.41, 5.74) is 0. The van der Waals surface area contributed by atoms with Crippen molar-refractivity contribution in [2.24, 2.45) is 0 Å². The van der Waals surface area contributed by atoms with E-state index < -0.39 is 31.0 Å². The van der Waals surface area contributed by atoms with E-state index >= 15 is 0 Å². The lowest BCUT2D eigenvalue weighted by Crippen LogP contribution is -2.46. The SMILES string of the molecule is O=CC(O)C(O)[C@@H](O)[C@H](O)CO. The standard InChI is InChI=1S/C6H12O6/c7-1-3(9)5(11)6(12)4(10)2-8/h1,3-6,8-12H,2H2/t3?,4-,5?,6+/m1/s1. The second kappa shape index (κ2) is 5.18. The average Bonchev–Trinajstić information content (AvgIpc) is 2.12. The Hall–Kier alpha value is -0.530. The Morgan fingerprint density at radius 2 is 1.58 bits per heavy atom. The second-order valence-corrected chi connectivity index (χ2v) is 2.36. The van der Waals surface area contributed by atoms with Crippen LogP contribution in [0.1, 0.15) is 0 Å². The normalized spacial score (nSPS) is 21.1. The number of hydrogen-bond acceptors (Lipinski definition) is 6. The fourth-order valence-corrected chi connectivity index (χ4v) is 0.618. The molecule has 0 rings (SSSR count). The van der Waals surface area contributed by atoms with E-state index in [0.29, 0.717) is 0 Å². The minimum Gasteiger partial charge on any atom is -0.394 e. The highest BCUT2D eigenvalue weighted by Crippen LogP contribution is 2.02. The maximum atomic E-state index is 9.90. The van der Waals surface area contributed by atoms with E-state index in [1.807, 2.05) is 0 Å². The van der Waals surface area contributed by atoms with E-state index in [1.165, 1.54) is 0 Å². The van der Waals surface area contributed by atoms with Crippen LogP contribution in [0, 0.1) is 0 Å². The Balaban J connectivity index is 4.07. The van der Waals surface area contributed by atoms with Crippen LogP contribution >= 0.6 is 0 Å². The molecule has 0 aromatic rings. The molecule has 2 unspecified atom stereocenters. The van der Waals surface area contributed by atoms with Gasteiger partial charge in [0.1, 0.15) is 24.4 Å². The summed E-state index contributed by atoms with van der Waals surface area (Å²) in [6.45, 7) is -0.760. The molecule has 0 spiro atoms. The summed E-state index contributed by atoms with van der Waals surface area (Å²) >= 11 is 0. The van der Waals surface area contributed by atoms with Gasteiger partial charge in [-0.25, -0.2) is 0 Å². The van der Waals surface area contributed by atoms with E-state index in [1.54, 1.807) is 0 Å². The molecule has 72 valence electrons. The van der Waals surface area contributed by atoms with Crippen molar-refractivity contribution < 1.29 is 30.3 Å². The Morgan fingerprint density at radius 1 is 1.08 bits per heavy atom. The topological polar surface area (TPSA) is 118 Å². The predicted molar refractivity (Wildman–Crippen MR) is 37.2 cm³/mol. The van der Waals surface area contributed by atoms with E-state index in [-0.39, 0.29) is 6.29 Å². The van der Waals surface area contributed by atoms with Crippen molar-refractivity contribution >= 4 is 6.29 Å². The molecule has 0 saturated heterocycles. The van der Waals surface area contributed by atoms with Gasteiger partial charge in [-0.15, -0.1) is 0 Å². The predicted octanol–water partition coefficient (Wildman–Crippen LogP) is -3.38. The van der Waals surface area contributed by atoms with Gasteiger partial charge in [0.25, 0.3) is 0 Å². The number of carbonyl (C=O) groups is 1. The first-order valence-electron chi connectivity index (χ1n) is 3.33. The van der Waals surface area contributed by atoms with Crippen LogP contribution in [0.3, 0.4) is 0 Å². The molecule has 5 N–H and O–H groups in total. The number of aliphatic hydroxyl groups is 5. The minimum absolute atomic E-state index is 0.0258. The van der Waals surface area contributed by atoms with E-state index in [4.69, 9.17) is 25.5 Å². The molecule has 12 heavy (non-hydrogen) atoms. The van der Waals surface area contributed by atoms with Gasteiger partial charge in [0.05, 0.1) is 6.61 Å². The molecule has 0 heterocycles. The van der Waals surface area contributed by atoms with Crippen LogP contribution in [0.2, 0.25) is 0 Å². The van der Waals surface area contributed by atoms with Crippen LogP contribution in [-0.2, 0) is 4.79 Å². The second-order valence-electron chi connectivity index (χ2n) is 2.36. The summed E-state index contributed by atoms with van der Waals surface area (Å²) in [7, 11) is 0. The van der Waals surface area contributed by atoms with Crippen LogP contribution in [0.5, 0.6) is 0 Å². The summed E-state index contributed by atoms with van der Waals surface area (Å²) in [6.07, 6.45) is -6.84. The third kappa shape index (κ3) is 2.84. The van der Waals surface area contributed by atoms with Crippen LogP contribution in [0.15, 0.2) is 0 Å². The third-order valence-corrected chi connectivity index (χ3v) is 1.42. The number of aliphatic hydroxyl groups excluding tert-OH is 5.